The van der Waals surface area contributed by atoms with E-state index in [0.717, 1.165) is 10.8 Å². The molecule has 0 aromatic heterocycles. The fraction of sp³-hybridized carbons (Fsp3) is 0.182. The number of nitrogens with one attached hydrogen (secondary N) is 1. The summed E-state index contributed by atoms with van der Waals surface area (Å²) in [5.74, 6) is 1.68. The number of fused-ring (bicyclic) bond motifs is 1. The number of methoxy groups -OCH3 is 4. The Kier molecular flexibility index (Phi) is 6.19. The molecule has 3 aromatic carbocycles. The molecule has 0 aliphatic rings. The van der Waals surface area contributed by atoms with Gasteiger partial charge in [-0.25, -0.2) is 5.43 Å². The van der Waals surface area contributed by atoms with Gasteiger partial charge in [0.05, 0.1) is 40.2 Å². The van der Waals surface area contributed by atoms with Crippen molar-refractivity contribution in [2.24, 2.45) is 5.10 Å². The van der Waals surface area contributed by atoms with Gasteiger partial charge in [0, 0.05) is 11.6 Å². The maximum absolute atomic E-state index is 12.7. The lowest BCUT2D eigenvalue weighted by atomic mass is 10.1. The fourth-order valence-electron chi connectivity index (χ4n) is 2.94. The number of amides is 1. The van der Waals surface area contributed by atoms with Crippen LogP contribution < -0.4 is 24.4 Å². The number of ether oxygens (including phenoxy) is 4. The number of carbonyl (C=O) groups excluding carboxylic acids is 1. The first-order valence-electron chi connectivity index (χ1n) is 8.81. The number of benzene rings is 3. The summed E-state index contributed by atoms with van der Waals surface area (Å²) in [7, 11) is 6.15. The Morgan fingerprint density at radius 3 is 2.00 bits per heavy atom. The van der Waals surface area contributed by atoms with Crippen molar-refractivity contribution in [1.82, 2.24) is 5.43 Å². The van der Waals surface area contributed by atoms with E-state index in [1.165, 1.54) is 20.4 Å². The summed E-state index contributed by atoms with van der Waals surface area (Å²) in [6, 6.07) is 14.7. The van der Waals surface area contributed by atoms with Crippen LogP contribution in [0.15, 0.2) is 53.6 Å². The molecule has 0 heterocycles. The van der Waals surface area contributed by atoms with Crippen molar-refractivity contribution < 1.29 is 23.7 Å². The first kappa shape index (κ1) is 20.0. The quantitative estimate of drug-likeness (QED) is 0.489. The SMILES string of the molecule is COc1cc(OC)c(OC)cc1/C=N\NC(=O)c1cc2ccccc2cc1OC. The van der Waals surface area contributed by atoms with Gasteiger partial charge in [-0.2, -0.15) is 5.10 Å². The van der Waals surface area contributed by atoms with E-state index in [-0.39, 0.29) is 5.91 Å². The molecule has 0 spiro atoms. The second kappa shape index (κ2) is 8.97. The number of nitrogens with zero attached hydrogens (tertiary/aromatic N) is 1. The lowest BCUT2D eigenvalue weighted by molar-refractivity contribution is 0.0952. The molecular formula is C22H22N2O5. The zero-order valence-corrected chi connectivity index (χ0v) is 16.7. The minimum absolute atomic E-state index is 0.386. The van der Waals surface area contributed by atoms with Crippen molar-refractivity contribution >= 4 is 22.9 Å². The van der Waals surface area contributed by atoms with Crippen LogP contribution in [0.4, 0.5) is 0 Å². The Labute approximate surface area is 168 Å². The second-order valence-electron chi connectivity index (χ2n) is 6.05. The first-order chi connectivity index (χ1) is 14.1. The van der Waals surface area contributed by atoms with E-state index in [0.29, 0.717) is 34.1 Å². The van der Waals surface area contributed by atoms with Crippen molar-refractivity contribution in [3.05, 3.63) is 59.7 Å². The molecule has 0 aliphatic carbocycles. The zero-order chi connectivity index (χ0) is 20.8. The smallest absolute Gasteiger partial charge is 0.275 e. The Morgan fingerprint density at radius 1 is 0.793 bits per heavy atom. The Hall–Kier alpha value is -3.74. The van der Waals surface area contributed by atoms with Crippen LogP contribution >= 0.6 is 0 Å². The average Bonchev–Trinajstić information content (AvgIpc) is 2.77. The molecule has 0 bridgehead atoms. The monoisotopic (exact) mass is 394 g/mol. The predicted molar refractivity (Wildman–Crippen MR) is 112 cm³/mol. The van der Waals surface area contributed by atoms with Crippen LogP contribution in [0.1, 0.15) is 15.9 Å². The van der Waals surface area contributed by atoms with E-state index in [2.05, 4.69) is 10.5 Å². The predicted octanol–water partition coefficient (Wildman–Crippen LogP) is 3.64. The van der Waals surface area contributed by atoms with Gasteiger partial charge in [-0.3, -0.25) is 4.79 Å². The lowest BCUT2D eigenvalue weighted by Crippen LogP contribution is -2.18. The third-order valence-electron chi connectivity index (χ3n) is 4.42. The molecule has 7 nitrogen and oxygen atoms in total. The van der Waals surface area contributed by atoms with E-state index in [1.807, 2.05) is 30.3 Å². The van der Waals surface area contributed by atoms with Gasteiger partial charge >= 0.3 is 0 Å². The maximum Gasteiger partial charge on any atom is 0.275 e. The molecule has 150 valence electrons. The van der Waals surface area contributed by atoms with Gasteiger partial charge in [0.2, 0.25) is 0 Å². The van der Waals surface area contributed by atoms with Gasteiger partial charge in [-0.05, 0) is 29.0 Å². The van der Waals surface area contributed by atoms with Gasteiger partial charge in [0.15, 0.2) is 11.5 Å². The van der Waals surface area contributed by atoms with Gasteiger partial charge < -0.3 is 18.9 Å². The molecule has 1 N–H and O–H groups in total. The number of rotatable bonds is 7. The molecule has 1 amide bonds. The highest BCUT2D eigenvalue weighted by molar-refractivity contribution is 6.02. The average molecular weight is 394 g/mol. The summed E-state index contributed by atoms with van der Waals surface area (Å²) < 4.78 is 21.3. The maximum atomic E-state index is 12.7. The Bertz CT molecular complexity index is 1060. The highest BCUT2D eigenvalue weighted by Crippen LogP contribution is 2.33. The van der Waals surface area contributed by atoms with Crippen LogP contribution in [0.25, 0.3) is 10.8 Å². The summed E-state index contributed by atoms with van der Waals surface area (Å²) in [6.45, 7) is 0. The fourth-order valence-corrected chi connectivity index (χ4v) is 2.94. The van der Waals surface area contributed by atoms with Gasteiger partial charge in [-0.1, -0.05) is 24.3 Å². The lowest BCUT2D eigenvalue weighted by Gasteiger charge is -2.12. The van der Waals surface area contributed by atoms with E-state index in [4.69, 9.17) is 18.9 Å². The number of hydrogen-bond donors (Lipinski definition) is 1. The molecule has 0 saturated heterocycles. The van der Waals surface area contributed by atoms with Crippen molar-refractivity contribution in [1.29, 1.82) is 0 Å². The van der Waals surface area contributed by atoms with Crippen molar-refractivity contribution in [3.63, 3.8) is 0 Å². The molecule has 0 unspecified atom stereocenters. The van der Waals surface area contributed by atoms with Gasteiger partial charge in [-0.15, -0.1) is 0 Å². The van der Waals surface area contributed by atoms with E-state index in [1.54, 1.807) is 32.4 Å². The Balaban J connectivity index is 1.85. The Morgan fingerprint density at radius 2 is 1.38 bits per heavy atom. The standard InChI is InChI=1S/C22H22N2O5/c1-26-18-12-21(29-4)20(28-3)11-16(18)13-23-24-22(25)17-9-14-7-5-6-8-15(14)10-19(17)27-2/h5-13H,1-4H3,(H,24,25)/b23-13-. The summed E-state index contributed by atoms with van der Waals surface area (Å²) in [5, 5.41) is 5.98. The summed E-state index contributed by atoms with van der Waals surface area (Å²) in [4.78, 5) is 12.7. The van der Waals surface area contributed by atoms with E-state index in [9.17, 15) is 4.79 Å². The summed E-state index contributed by atoms with van der Waals surface area (Å²) in [6.07, 6.45) is 1.48. The van der Waals surface area contributed by atoms with Crippen molar-refractivity contribution in [2.75, 3.05) is 28.4 Å². The topological polar surface area (TPSA) is 78.4 Å². The highest BCUT2D eigenvalue weighted by Gasteiger charge is 2.14. The first-order valence-corrected chi connectivity index (χ1v) is 8.81. The highest BCUT2D eigenvalue weighted by atomic mass is 16.5. The van der Waals surface area contributed by atoms with Crippen LogP contribution in [-0.2, 0) is 0 Å². The minimum atomic E-state index is -0.386. The molecule has 0 saturated carbocycles. The molecule has 0 fully saturated rings. The molecule has 3 aromatic rings. The molecule has 3 rings (SSSR count). The molecular weight excluding hydrogens is 372 g/mol. The normalized spacial score (nSPS) is 10.8. The molecule has 0 radical (unpaired) electrons. The van der Waals surface area contributed by atoms with Crippen LogP contribution in [0, 0.1) is 0 Å². The summed E-state index contributed by atoms with van der Waals surface area (Å²) in [5.41, 5.74) is 3.54. The van der Waals surface area contributed by atoms with E-state index >= 15 is 0 Å². The van der Waals surface area contributed by atoms with Crippen molar-refractivity contribution in [2.45, 2.75) is 0 Å². The van der Waals surface area contributed by atoms with Crippen LogP contribution in [0.2, 0.25) is 0 Å². The summed E-state index contributed by atoms with van der Waals surface area (Å²) >= 11 is 0. The van der Waals surface area contributed by atoms with Crippen LogP contribution in [-0.4, -0.2) is 40.6 Å². The third-order valence-corrected chi connectivity index (χ3v) is 4.42. The van der Waals surface area contributed by atoms with Gasteiger partial charge in [0.1, 0.15) is 11.5 Å². The molecule has 0 aliphatic heterocycles. The third kappa shape index (κ3) is 4.24. The zero-order valence-electron chi connectivity index (χ0n) is 16.7. The number of carbonyl (C=O) groups is 1. The molecule has 0 atom stereocenters. The number of hydrogen-bond acceptors (Lipinski definition) is 6. The van der Waals surface area contributed by atoms with E-state index < -0.39 is 0 Å². The van der Waals surface area contributed by atoms with Crippen molar-refractivity contribution in [3.8, 4) is 23.0 Å². The van der Waals surface area contributed by atoms with Crippen LogP contribution in [0.3, 0.4) is 0 Å². The largest absolute Gasteiger partial charge is 0.496 e. The van der Waals surface area contributed by atoms with Crippen LogP contribution in [0.5, 0.6) is 23.0 Å². The van der Waals surface area contributed by atoms with Gasteiger partial charge in [0.25, 0.3) is 5.91 Å². The minimum Gasteiger partial charge on any atom is -0.496 e. The molecule has 29 heavy (non-hydrogen) atoms. The molecule has 7 heteroatoms. The second-order valence-corrected chi connectivity index (χ2v) is 6.05. The number of hydrazone groups is 1.